The summed E-state index contributed by atoms with van der Waals surface area (Å²) >= 11 is 3.51. The fraction of sp³-hybridized carbons (Fsp3) is 0.320. The molecule has 4 aromatic heterocycles. The first-order chi connectivity index (χ1) is 15.8. The summed E-state index contributed by atoms with van der Waals surface area (Å²) in [7, 11) is 0. The molecule has 0 bridgehead atoms. The molecule has 5 aromatic rings. The van der Waals surface area contributed by atoms with Gasteiger partial charge in [0.1, 0.15) is 5.52 Å². The van der Waals surface area contributed by atoms with E-state index in [1.807, 2.05) is 6.07 Å². The minimum absolute atomic E-state index is 0.600. The van der Waals surface area contributed by atoms with E-state index in [1.54, 1.807) is 22.7 Å². The quantitative estimate of drug-likeness (QED) is 0.313. The van der Waals surface area contributed by atoms with Crippen LogP contribution in [-0.2, 0) is 12.8 Å². The van der Waals surface area contributed by atoms with Gasteiger partial charge in [-0.2, -0.15) is 0 Å². The Labute approximate surface area is 195 Å². The summed E-state index contributed by atoms with van der Waals surface area (Å²) in [4.78, 5) is 10.9. The van der Waals surface area contributed by atoms with E-state index in [0.29, 0.717) is 5.92 Å². The second-order valence-electron chi connectivity index (χ2n) is 8.08. The van der Waals surface area contributed by atoms with Crippen LogP contribution in [0.4, 0.5) is 0 Å². The van der Waals surface area contributed by atoms with E-state index in [2.05, 4.69) is 57.6 Å². The molecule has 0 atom stereocenters. The maximum atomic E-state index is 6.03. The highest BCUT2D eigenvalue weighted by Crippen LogP contribution is 2.36. The smallest absolute Gasteiger partial charge is 0.200 e. The number of H-pyrrole nitrogens is 1. The van der Waals surface area contributed by atoms with Gasteiger partial charge in [-0.25, -0.2) is 4.98 Å². The van der Waals surface area contributed by atoms with E-state index < -0.39 is 0 Å². The molecule has 5 heterocycles. The summed E-state index contributed by atoms with van der Waals surface area (Å²) in [6.45, 7) is 2.95. The Bertz CT molecular complexity index is 1250. The molecule has 5 nitrogen and oxygen atoms in total. The maximum Gasteiger partial charge on any atom is 0.200 e. The molecule has 1 saturated heterocycles. The third kappa shape index (κ3) is 4.66. The number of oxazole rings is 1. The molecule has 0 amide bonds. The fourth-order valence-corrected chi connectivity index (χ4v) is 5.79. The topological polar surface area (TPSA) is 79.9 Å². The summed E-state index contributed by atoms with van der Waals surface area (Å²) in [5.74, 6) is 1.40. The van der Waals surface area contributed by atoms with Crippen LogP contribution in [0.15, 0.2) is 57.8 Å². The summed E-state index contributed by atoms with van der Waals surface area (Å²) in [5.41, 5.74) is 9.78. The van der Waals surface area contributed by atoms with Crippen molar-refractivity contribution in [1.29, 1.82) is 0 Å². The number of hydrogen-bond acceptors (Lipinski definition) is 6. The molecule has 7 heteroatoms. The first kappa shape index (κ1) is 21.4. The van der Waals surface area contributed by atoms with Crippen LogP contribution < -0.4 is 11.1 Å². The predicted octanol–water partition coefficient (Wildman–Crippen LogP) is 5.68. The number of rotatable bonds is 5. The molecule has 4 N–H and O–H groups in total. The van der Waals surface area contributed by atoms with Crippen LogP contribution in [0.25, 0.3) is 22.0 Å². The van der Waals surface area contributed by atoms with E-state index in [9.17, 15) is 0 Å². The molecule has 0 aliphatic carbocycles. The van der Waals surface area contributed by atoms with E-state index in [0.717, 1.165) is 55.0 Å². The molecular weight excluding hydrogens is 436 g/mol. The normalized spacial score (nSPS) is 14.7. The van der Waals surface area contributed by atoms with Gasteiger partial charge in [0.25, 0.3) is 0 Å². The van der Waals surface area contributed by atoms with Gasteiger partial charge in [-0.05, 0) is 85.4 Å². The van der Waals surface area contributed by atoms with E-state index >= 15 is 0 Å². The van der Waals surface area contributed by atoms with Crippen molar-refractivity contribution in [3.63, 3.8) is 0 Å². The lowest BCUT2D eigenvalue weighted by molar-refractivity contribution is 0.462. The van der Waals surface area contributed by atoms with Gasteiger partial charge in [0.05, 0.1) is 6.42 Å². The van der Waals surface area contributed by atoms with E-state index in [1.165, 1.54) is 33.5 Å². The van der Waals surface area contributed by atoms with Crippen LogP contribution in [0.3, 0.4) is 0 Å². The van der Waals surface area contributed by atoms with E-state index in [4.69, 9.17) is 15.1 Å². The Balaban J connectivity index is 0.000000230. The molecule has 0 radical (unpaired) electrons. The maximum absolute atomic E-state index is 6.03. The fourth-order valence-electron chi connectivity index (χ4n) is 4.37. The number of nitrogens with zero attached hydrogens (tertiary/aromatic N) is 1. The zero-order valence-corrected chi connectivity index (χ0v) is 19.6. The summed E-state index contributed by atoms with van der Waals surface area (Å²) in [6, 6.07) is 12.5. The summed E-state index contributed by atoms with van der Waals surface area (Å²) < 4.78 is 6.03. The second-order valence-corrected chi connectivity index (χ2v) is 10.1. The average Bonchev–Trinajstić information content (AvgIpc) is 3.61. The SMILES string of the molecule is NCCc1cccs1.c1csc(Cc2nc3c(ccc4[nH]cc(C5CCNCC5)c43)o2)c1. The lowest BCUT2D eigenvalue weighted by Gasteiger charge is -2.22. The number of nitrogens with one attached hydrogen (secondary N) is 2. The number of thiophene rings is 2. The van der Waals surface area contributed by atoms with E-state index in [-0.39, 0.29) is 0 Å². The standard InChI is InChI=1S/C19H19N3OS.C6H9NS/c1-2-13(24-9-1)10-17-22-19-16(23-17)4-3-15-18(19)14(11-21-15)12-5-7-20-8-6-12;7-4-3-6-2-1-5-8-6/h1-4,9,11-12,20-21H,5-8,10H2;1-2,5H,3-4,7H2. The van der Waals surface area contributed by atoms with Crippen LogP contribution in [-0.4, -0.2) is 29.6 Å². The van der Waals surface area contributed by atoms with Crippen molar-refractivity contribution >= 4 is 44.7 Å². The molecule has 0 saturated carbocycles. The van der Waals surface area contributed by atoms with Crippen molar-refractivity contribution in [1.82, 2.24) is 15.3 Å². The first-order valence-electron chi connectivity index (χ1n) is 11.2. The molecule has 1 aliphatic rings. The van der Waals surface area contributed by atoms with Gasteiger partial charge >= 0.3 is 0 Å². The van der Waals surface area contributed by atoms with Crippen molar-refractivity contribution < 1.29 is 4.42 Å². The zero-order chi connectivity index (χ0) is 21.8. The Morgan fingerprint density at radius 1 is 1.03 bits per heavy atom. The molecule has 0 spiro atoms. The number of hydrogen-bond donors (Lipinski definition) is 3. The highest BCUT2D eigenvalue weighted by Gasteiger charge is 2.21. The summed E-state index contributed by atoms with van der Waals surface area (Å²) in [5, 5.41) is 8.87. The number of aromatic nitrogens is 2. The third-order valence-corrected chi connectivity index (χ3v) is 7.74. The van der Waals surface area contributed by atoms with Crippen LogP contribution >= 0.6 is 22.7 Å². The third-order valence-electron chi connectivity index (χ3n) is 5.93. The van der Waals surface area contributed by atoms with Crippen LogP contribution in [0.2, 0.25) is 0 Å². The van der Waals surface area contributed by atoms with Crippen molar-refractivity contribution in [3.05, 3.63) is 74.6 Å². The second kappa shape index (κ2) is 10.0. The van der Waals surface area contributed by atoms with Crippen molar-refractivity contribution in [3.8, 4) is 0 Å². The molecule has 1 aliphatic heterocycles. The number of aromatic amines is 1. The number of piperidine rings is 1. The van der Waals surface area contributed by atoms with Gasteiger partial charge in [-0.1, -0.05) is 12.1 Å². The van der Waals surface area contributed by atoms with Gasteiger partial charge < -0.3 is 20.5 Å². The van der Waals surface area contributed by atoms with Crippen LogP contribution in [0.1, 0.15) is 40.0 Å². The molecule has 0 unspecified atom stereocenters. The van der Waals surface area contributed by atoms with Crippen LogP contribution in [0, 0.1) is 0 Å². The van der Waals surface area contributed by atoms with Crippen molar-refractivity contribution in [2.45, 2.75) is 31.6 Å². The molecule has 6 rings (SSSR count). The average molecular weight is 465 g/mol. The van der Waals surface area contributed by atoms with Gasteiger partial charge in [-0.15, -0.1) is 22.7 Å². The van der Waals surface area contributed by atoms with Crippen LogP contribution in [0.5, 0.6) is 0 Å². The molecule has 166 valence electrons. The Morgan fingerprint density at radius 3 is 2.53 bits per heavy atom. The van der Waals surface area contributed by atoms with Gasteiger partial charge in [0, 0.05) is 26.9 Å². The van der Waals surface area contributed by atoms with Crippen molar-refractivity contribution in [2.75, 3.05) is 19.6 Å². The van der Waals surface area contributed by atoms with Gasteiger partial charge in [-0.3, -0.25) is 0 Å². The van der Waals surface area contributed by atoms with Gasteiger partial charge in [0.2, 0.25) is 5.89 Å². The Hall–Kier alpha value is -2.45. The lowest BCUT2D eigenvalue weighted by atomic mass is 9.90. The monoisotopic (exact) mass is 464 g/mol. The zero-order valence-electron chi connectivity index (χ0n) is 18.0. The minimum Gasteiger partial charge on any atom is -0.440 e. The number of fused-ring (bicyclic) bond motifs is 3. The predicted molar refractivity (Wildman–Crippen MR) is 135 cm³/mol. The Kier molecular flexibility index (Phi) is 6.69. The highest BCUT2D eigenvalue weighted by atomic mass is 32.1. The number of benzene rings is 1. The lowest BCUT2D eigenvalue weighted by Crippen LogP contribution is -2.26. The minimum atomic E-state index is 0.600. The van der Waals surface area contributed by atoms with Gasteiger partial charge in [0.15, 0.2) is 5.58 Å². The Morgan fingerprint density at radius 2 is 1.81 bits per heavy atom. The highest BCUT2D eigenvalue weighted by molar-refractivity contribution is 7.10. The molecular formula is C25H28N4OS2. The first-order valence-corrected chi connectivity index (χ1v) is 12.9. The summed E-state index contributed by atoms with van der Waals surface area (Å²) in [6.07, 6.45) is 6.33. The molecule has 32 heavy (non-hydrogen) atoms. The number of nitrogens with two attached hydrogens (primary N) is 1. The van der Waals surface area contributed by atoms with Crippen molar-refractivity contribution in [2.24, 2.45) is 5.73 Å². The molecule has 1 fully saturated rings. The molecule has 1 aromatic carbocycles. The largest absolute Gasteiger partial charge is 0.440 e.